The normalized spacial score (nSPS) is 14.5. The molecular formula is C10H9NO4. The van der Waals surface area contributed by atoms with E-state index in [0.29, 0.717) is 18.0 Å². The largest absolute Gasteiger partial charge is 0.491 e. The summed E-state index contributed by atoms with van der Waals surface area (Å²) < 4.78 is 5.28. The van der Waals surface area contributed by atoms with Crippen molar-refractivity contribution in [3.8, 4) is 5.75 Å². The monoisotopic (exact) mass is 207 g/mol. The summed E-state index contributed by atoms with van der Waals surface area (Å²) in [5, 5.41) is 11.4. The Kier molecular flexibility index (Phi) is 2.29. The zero-order valence-corrected chi connectivity index (χ0v) is 7.82. The third kappa shape index (κ3) is 1.90. The maximum Gasteiger partial charge on any atom is 0.335 e. The highest BCUT2D eigenvalue weighted by Gasteiger charge is 2.15. The first-order valence-electron chi connectivity index (χ1n) is 4.47. The van der Waals surface area contributed by atoms with Crippen molar-refractivity contribution in [1.29, 1.82) is 0 Å². The third-order valence-corrected chi connectivity index (χ3v) is 2.09. The molecule has 0 radical (unpaired) electrons. The highest BCUT2D eigenvalue weighted by Crippen LogP contribution is 2.27. The van der Waals surface area contributed by atoms with Gasteiger partial charge in [0.2, 0.25) is 5.91 Å². The number of rotatable bonds is 1. The summed E-state index contributed by atoms with van der Waals surface area (Å²) in [6.07, 6.45) is 0.275. The van der Waals surface area contributed by atoms with E-state index in [1.807, 2.05) is 0 Å². The van der Waals surface area contributed by atoms with Crippen molar-refractivity contribution in [3.63, 3.8) is 0 Å². The lowest BCUT2D eigenvalue weighted by Crippen LogP contribution is -2.10. The van der Waals surface area contributed by atoms with E-state index in [1.165, 1.54) is 12.1 Å². The second-order valence-corrected chi connectivity index (χ2v) is 3.16. The Balaban J connectivity index is 2.41. The second-order valence-electron chi connectivity index (χ2n) is 3.16. The van der Waals surface area contributed by atoms with Gasteiger partial charge < -0.3 is 15.2 Å². The van der Waals surface area contributed by atoms with Gasteiger partial charge in [0.1, 0.15) is 5.75 Å². The molecule has 5 nitrogen and oxygen atoms in total. The molecule has 5 heteroatoms. The van der Waals surface area contributed by atoms with E-state index in [9.17, 15) is 9.59 Å². The zero-order valence-electron chi connectivity index (χ0n) is 7.82. The standard InChI is InChI=1S/C10H9NO4/c12-9-3-4-15-8-2-1-6(10(13)14)5-7(8)11-9/h1-2,5H,3-4H2,(H,11,12)(H,13,14). The number of carboxylic acid groups (broad SMARTS) is 1. The number of carbonyl (C=O) groups is 2. The van der Waals surface area contributed by atoms with Crippen molar-refractivity contribution < 1.29 is 19.4 Å². The summed E-state index contributed by atoms with van der Waals surface area (Å²) in [4.78, 5) is 21.9. The summed E-state index contributed by atoms with van der Waals surface area (Å²) in [7, 11) is 0. The second kappa shape index (κ2) is 3.61. The van der Waals surface area contributed by atoms with Crippen LogP contribution in [0.1, 0.15) is 16.8 Å². The number of fused-ring (bicyclic) bond motifs is 1. The van der Waals surface area contributed by atoms with Crippen molar-refractivity contribution in [2.24, 2.45) is 0 Å². The summed E-state index contributed by atoms with van der Waals surface area (Å²) in [5.41, 5.74) is 0.539. The highest BCUT2D eigenvalue weighted by atomic mass is 16.5. The van der Waals surface area contributed by atoms with Gasteiger partial charge in [0, 0.05) is 0 Å². The number of aromatic carboxylic acids is 1. The fourth-order valence-corrected chi connectivity index (χ4v) is 1.35. The zero-order chi connectivity index (χ0) is 10.8. The molecule has 0 unspecified atom stereocenters. The van der Waals surface area contributed by atoms with Crippen molar-refractivity contribution in [1.82, 2.24) is 0 Å². The fraction of sp³-hybridized carbons (Fsp3) is 0.200. The van der Waals surface area contributed by atoms with Gasteiger partial charge in [0.05, 0.1) is 24.3 Å². The molecule has 2 N–H and O–H groups in total. The predicted molar refractivity (Wildman–Crippen MR) is 52.1 cm³/mol. The fourth-order valence-electron chi connectivity index (χ4n) is 1.35. The van der Waals surface area contributed by atoms with Crippen molar-refractivity contribution in [2.75, 3.05) is 11.9 Å². The SMILES string of the molecule is O=C1CCOc2ccc(C(=O)O)cc2N1. The molecule has 0 saturated heterocycles. The number of anilines is 1. The average molecular weight is 207 g/mol. The molecule has 0 spiro atoms. The molecule has 0 aliphatic carbocycles. The molecule has 0 fully saturated rings. The maximum atomic E-state index is 11.2. The molecule has 0 saturated carbocycles. The maximum absolute atomic E-state index is 11.2. The van der Waals surface area contributed by atoms with E-state index >= 15 is 0 Å². The number of hydrogen-bond donors (Lipinski definition) is 2. The number of carboxylic acids is 1. The van der Waals surface area contributed by atoms with Crippen LogP contribution in [-0.4, -0.2) is 23.6 Å². The Hall–Kier alpha value is -2.04. The van der Waals surface area contributed by atoms with Crippen LogP contribution in [0.4, 0.5) is 5.69 Å². The van der Waals surface area contributed by atoms with Gasteiger partial charge in [-0.05, 0) is 18.2 Å². The van der Waals surface area contributed by atoms with Crippen LogP contribution >= 0.6 is 0 Å². The van der Waals surface area contributed by atoms with Crippen molar-refractivity contribution >= 4 is 17.6 Å². The van der Waals surface area contributed by atoms with Gasteiger partial charge in [0.15, 0.2) is 0 Å². The van der Waals surface area contributed by atoms with Crippen LogP contribution < -0.4 is 10.1 Å². The Bertz CT molecular complexity index is 427. The molecule has 2 rings (SSSR count). The van der Waals surface area contributed by atoms with Gasteiger partial charge in [-0.25, -0.2) is 4.79 Å². The molecule has 1 aromatic carbocycles. The Morgan fingerprint density at radius 3 is 3.00 bits per heavy atom. The molecule has 1 heterocycles. The molecule has 15 heavy (non-hydrogen) atoms. The first kappa shape index (κ1) is 9.51. The summed E-state index contributed by atoms with van der Waals surface area (Å²) in [6, 6.07) is 4.38. The van der Waals surface area contributed by atoms with Crippen LogP contribution in [0.15, 0.2) is 18.2 Å². The van der Waals surface area contributed by atoms with Crippen molar-refractivity contribution in [2.45, 2.75) is 6.42 Å². The molecule has 0 aromatic heterocycles. The minimum Gasteiger partial charge on any atom is -0.491 e. The quantitative estimate of drug-likeness (QED) is 0.723. The molecule has 78 valence electrons. The third-order valence-electron chi connectivity index (χ3n) is 2.09. The van der Waals surface area contributed by atoms with E-state index < -0.39 is 5.97 Å². The number of amides is 1. The van der Waals surface area contributed by atoms with Gasteiger partial charge in [0.25, 0.3) is 0 Å². The van der Waals surface area contributed by atoms with E-state index in [1.54, 1.807) is 6.07 Å². The smallest absolute Gasteiger partial charge is 0.335 e. The lowest BCUT2D eigenvalue weighted by Gasteiger charge is -2.07. The number of hydrogen-bond acceptors (Lipinski definition) is 3. The van der Waals surface area contributed by atoms with E-state index in [4.69, 9.17) is 9.84 Å². The van der Waals surface area contributed by atoms with E-state index in [-0.39, 0.29) is 17.9 Å². The molecule has 1 amide bonds. The van der Waals surface area contributed by atoms with Gasteiger partial charge in [-0.2, -0.15) is 0 Å². The Morgan fingerprint density at radius 1 is 1.47 bits per heavy atom. The topological polar surface area (TPSA) is 75.6 Å². The van der Waals surface area contributed by atoms with Crippen LogP contribution in [0.5, 0.6) is 5.75 Å². The highest BCUT2D eigenvalue weighted by molar-refractivity contribution is 5.96. The number of benzene rings is 1. The van der Waals surface area contributed by atoms with Gasteiger partial charge in [-0.1, -0.05) is 0 Å². The van der Waals surface area contributed by atoms with Crippen molar-refractivity contribution in [3.05, 3.63) is 23.8 Å². The Labute approximate surface area is 85.7 Å². The number of carbonyl (C=O) groups excluding carboxylic acids is 1. The lowest BCUT2D eigenvalue weighted by atomic mass is 10.2. The molecule has 0 atom stereocenters. The molecule has 0 bridgehead atoms. The minimum absolute atomic E-state index is 0.125. The van der Waals surface area contributed by atoms with Crippen LogP contribution in [0.3, 0.4) is 0 Å². The van der Waals surface area contributed by atoms with Crippen LogP contribution in [0.2, 0.25) is 0 Å². The van der Waals surface area contributed by atoms with Crippen LogP contribution in [0.25, 0.3) is 0 Å². The van der Waals surface area contributed by atoms with E-state index in [0.717, 1.165) is 0 Å². The van der Waals surface area contributed by atoms with Crippen LogP contribution in [-0.2, 0) is 4.79 Å². The molecule has 1 aliphatic heterocycles. The first-order valence-corrected chi connectivity index (χ1v) is 4.47. The van der Waals surface area contributed by atoms with Gasteiger partial charge >= 0.3 is 5.97 Å². The predicted octanol–water partition coefficient (Wildman–Crippen LogP) is 1.11. The van der Waals surface area contributed by atoms with Gasteiger partial charge in [-0.3, -0.25) is 4.79 Å². The summed E-state index contributed by atoms with van der Waals surface area (Å²) in [6.45, 7) is 0.311. The lowest BCUT2D eigenvalue weighted by molar-refractivity contribution is -0.116. The average Bonchev–Trinajstić information content (AvgIpc) is 2.37. The Morgan fingerprint density at radius 2 is 2.27 bits per heavy atom. The molecule has 1 aromatic rings. The van der Waals surface area contributed by atoms with Crippen LogP contribution in [0, 0.1) is 0 Å². The summed E-state index contributed by atoms with van der Waals surface area (Å²) in [5.74, 6) is -0.696. The minimum atomic E-state index is -1.03. The first-order chi connectivity index (χ1) is 7.16. The molecular weight excluding hydrogens is 198 g/mol. The van der Waals surface area contributed by atoms with Gasteiger partial charge in [-0.15, -0.1) is 0 Å². The number of nitrogens with one attached hydrogen (secondary N) is 1. The van der Waals surface area contributed by atoms with E-state index in [2.05, 4.69) is 5.32 Å². The summed E-state index contributed by atoms with van der Waals surface area (Å²) >= 11 is 0. The number of ether oxygens (including phenoxy) is 1. The molecule has 1 aliphatic rings.